The Kier molecular flexibility index (Phi) is 6.19. The number of fused-ring (bicyclic) bond motifs is 3. The van der Waals surface area contributed by atoms with E-state index in [4.69, 9.17) is 9.16 Å². The molecular formula is C20H23F5O7Si. The lowest BCUT2D eigenvalue weighted by atomic mass is 9.65. The summed E-state index contributed by atoms with van der Waals surface area (Å²) in [6.07, 6.45) is -6.96. The van der Waals surface area contributed by atoms with Crippen LogP contribution >= 0.6 is 0 Å². The molecule has 2 N–H and O–H groups in total. The highest BCUT2D eigenvalue weighted by Gasteiger charge is 2.72. The Balaban J connectivity index is 2.11. The Morgan fingerprint density at radius 2 is 1.52 bits per heavy atom. The molecule has 184 valence electrons. The SMILES string of the molecule is CC(C)(C)[Si](C)(C)O[C@@H]1C[C@H]2OC(=O)[C@]1(C(=O)Oc1c(F)c(F)c(F)c(F)c1F)[C@H](O)[C@@H]2O. The Hall–Kier alpha value is -2.09. The van der Waals surface area contributed by atoms with Crippen LogP contribution in [0.2, 0.25) is 18.1 Å². The van der Waals surface area contributed by atoms with Gasteiger partial charge >= 0.3 is 11.9 Å². The third-order valence-electron chi connectivity index (χ3n) is 6.67. The van der Waals surface area contributed by atoms with Crippen molar-refractivity contribution < 1.29 is 55.7 Å². The van der Waals surface area contributed by atoms with Gasteiger partial charge in [0.1, 0.15) is 18.3 Å². The first-order valence-electron chi connectivity index (χ1n) is 9.97. The second-order valence-electron chi connectivity index (χ2n) is 9.64. The summed E-state index contributed by atoms with van der Waals surface area (Å²) in [4.78, 5) is 26.0. The molecule has 2 aliphatic heterocycles. The van der Waals surface area contributed by atoms with Gasteiger partial charge in [-0.3, -0.25) is 9.59 Å². The number of aliphatic hydroxyl groups excluding tert-OH is 2. The Morgan fingerprint density at radius 3 is 2.00 bits per heavy atom. The first-order valence-corrected chi connectivity index (χ1v) is 12.9. The number of hydrogen-bond donors (Lipinski definition) is 2. The molecule has 1 aliphatic carbocycles. The molecule has 0 radical (unpaired) electrons. The van der Waals surface area contributed by atoms with Crippen LogP contribution in [0, 0.1) is 34.5 Å². The average molecular weight is 498 g/mol. The summed E-state index contributed by atoms with van der Waals surface area (Å²) in [6.45, 7) is 9.02. The molecule has 33 heavy (non-hydrogen) atoms. The van der Waals surface area contributed by atoms with E-state index < -0.39 is 90.0 Å². The average Bonchev–Trinajstić information content (AvgIpc) is 2.70. The van der Waals surface area contributed by atoms with Gasteiger partial charge in [-0.25, -0.2) is 13.2 Å². The first kappa shape index (κ1) is 25.5. The standard InChI is InChI=1S/C20H23F5O7Si/c1-19(2,3)33(4,5)32-8-6-7-14(26)16(27)20(8,17(28)30-7)18(29)31-15-12(24)10(22)9(21)11(23)13(15)25/h7-8,14,16,26-27H,6H2,1-5H3/t7-,8-,14-,16-,20-/m1/s1. The van der Waals surface area contributed by atoms with Crippen molar-refractivity contribution in [2.75, 3.05) is 0 Å². The molecule has 7 nitrogen and oxygen atoms in total. The lowest BCUT2D eigenvalue weighted by molar-refractivity contribution is -0.254. The molecule has 3 aliphatic rings. The van der Waals surface area contributed by atoms with Gasteiger partial charge in [-0.1, -0.05) is 20.8 Å². The zero-order valence-electron chi connectivity index (χ0n) is 18.3. The van der Waals surface area contributed by atoms with Crippen molar-refractivity contribution >= 4 is 20.3 Å². The summed E-state index contributed by atoms with van der Waals surface area (Å²) in [5.74, 6) is -17.4. The van der Waals surface area contributed by atoms with E-state index in [1.807, 2.05) is 20.8 Å². The summed E-state index contributed by atoms with van der Waals surface area (Å²) in [7, 11) is -2.77. The maximum absolute atomic E-state index is 14.1. The monoisotopic (exact) mass is 498 g/mol. The molecule has 1 aromatic carbocycles. The summed E-state index contributed by atoms with van der Waals surface area (Å²) in [5, 5.41) is 20.5. The van der Waals surface area contributed by atoms with Gasteiger partial charge in [0.25, 0.3) is 0 Å². The predicted octanol–water partition coefficient (Wildman–Crippen LogP) is 2.72. The van der Waals surface area contributed by atoms with Crippen LogP contribution in [-0.2, 0) is 18.8 Å². The van der Waals surface area contributed by atoms with Crippen molar-refractivity contribution in [3.05, 3.63) is 29.1 Å². The number of carbonyl (C=O) groups excluding carboxylic acids is 2. The Bertz CT molecular complexity index is 982. The zero-order valence-corrected chi connectivity index (χ0v) is 19.3. The summed E-state index contributed by atoms with van der Waals surface area (Å²) >= 11 is 0. The van der Waals surface area contributed by atoms with E-state index in [-0.39, 0.29) is 6.42 Å². The van der Waals surface area contributed by atoms with Crippen molar-refractivity contribution in [1.82, 2.24) is 0 Å². The summed E-state index contributed by atoms with van der Waals surface area (Å²) in [6, 6.07) is 0. The van der Waals surface area contributed by atoms with Crippen molar-refractivity contribution in [3.63, 3.8) is 0 Å². The van der Waals surface area contributed by atoms with Crippen LogP contribution in [0.5, 0.6) is 5.75 Å². The summed E-state index contributed by atoms with van der Waals surface area (Å²) < 4.78 is 84.3. The van der Waals surface area contributed by atoms with Crippen molar-refractivity contribution in [3.8, 4) is 5.75 Å². The van der Waals surface area contributed by atoms with Gasteiger partial charge in [0.15, 0.2) is 8.32 Å². The highest BCUT2D eigenvalue weighted by atomic mass is 28.4. The topological polar surface area (TPSA) is 102 Å². The Morgan fingerprint density at radius 1 is 1.03 bits per heavy atom. The Labute approximate surface area is 186 Å². The van der Waals surface area contributed by atoms with E-state index in [2.05, 4.69) is 4.74 Å². The minimum atomic E-state index is -2.83. The maximum atomic E-state index is 14.1. The number of rotatable bonds is 4. The highest BCUT2D eigenvalue weighted by Crippen LogP contribution is 2.50. The number of aliphatic hydroxyl groups is 2. The number of carbonyl (C=O) groups is 2. The molecule has 1 aromatic rings. The maximum Gasteiger partial charge on any atom is 0.334 e. The quantitative estimate of drug-likeness (QED) is 0.125. The van der Waals surface area contributed by atoms with E-state index >= 15 is 0 Å². The number of esters is 2. The zero-order chi connectivity index (χ0) is 25.3. The van der Waals surface area contributed by atoms with E-state index in [1.54, 1.807) is 13.1 Å². The van der Waals surface area contributed by atoms with Gasteiger partial charge in [0, 0.05) is 6.42 Å². The molecule has 13 heteroatoms. The van der Waals surface area contributed by atoms with Crippen LogP contribution < -0.4 is 4.74 Å². The minimum Gasteiger partial charge on any atom is -0.458 e. The van der Waals surface area contributed by atoms with Gasteiger partial charge in [-0.15, -0.1) is 0 Å². The van der Waals surface area contributed by atoms with Crippen LogP contribution in [-0.4, -0.2) is 54.9 Å². The molecular weight excluding hydrogens is 475 g/mol. The molecule has 4 rings (SSSR count). The molecule has 0 aromatic heterocycles. The van der Waals surface area contributed by atoms with Gasteiger partial charge in [0.05, 0.1) is 6.10 Å². The van der Waals surface area contributed by atoms with Crippen LogP contribution in [0.3, 0.4) is 0 Å². The molecule has 3 fully saturated rings. The van der Waals surface area contributed by atoms with Crippen LogP contribution in [0.1, 0.15) is 27.2 Å². The largest absolute Gasteiger partial charge is 0.458 e. The molecule has 2 bridgehead atoms. The fourth-order valence-corrected chi connectivity index (χ4v) is 5.01. The minimum absolute atomic E-state index is 0.275. The number of ether oxygens (including phenoxy) is 2. The highest BCUT2D eigenvalue weighted by molar-refractivity contribution is 6.74. The van der Waals surface area contributed by atoms with E-state index in [0.29, 0.717) is 0 Å². The van der Waals surface area contributed by atoms with E-state index in [1.165, 1.54) is 0 Å². The molecule has 2 heterocycles. The third kappa shape index (κ3) is 3.65. The number of benzene rings is 1. The number of hydrogen-bond acceptors (Lipinski definition) is 7. The summed E-state index contributed by atoms with van der Waals surface area (Å²) in [5.41, 5.74) is -2.83. The van der Waals surface area contributed by atoms with Crippen LogP contribution in [0.4, 0.5) is 22.0 Å². The van der Waals surface area contributed by atoms with Crippen molar-refractivity contribution in [2.45, 2.75) is 69.7 Å². The second-order valence-corrected chi connectivity index (χ2v) is 14.4. The van der Waals surface area contributed by atoms with Gasteiger partial charge in [-0.2, -0.15) is 8.78 Å². The smallest absolute Gasteiger partial charge is 0.334 e. The lowest BCUT2D eigenvalue weighted by Crippen LogP contribution is -2.74. The molecule has 0 spiro atoms. The van der Waals surface area contributed by atoms with E-state index in [0.717, 1.165) is 0 Å². The van der Waals surface area contributed by atoms with E-state index in [9.17, 15) is 41.8 Å². The fourth-order valence-electron chi connectivity index (χ4n) is 3.66. The fraction of sp³-hybridized carbons (Fsp3) is 0.600. The first-order chi connectivity index (χ1) is 15.0. The molecule has 2 saturated heterocycles. The van der Waals surface area contributed by atoms with Crippen molar-refractivity contribution in [1.29, 1.82) is 0 Å². The lowest BCUT2D eigenvalue weighted by Gasteiger charge is -2.54. The molecule has 1 saturated carbocycles. The third-order valence-corrected chi connectivity index (χ3v) is 11.2. The van der Waals surface area contributed by atoms with Crippen molar-refractivity contribution in [2.24, 2.45) is 5.41 Å². The van der Waals surface area contributed by atoms with Crippen LogP contribution in [0.25, 0.3) is 0 Å². The molecule has 0 amide bonds. The predicted molar refractivity (Wildman–Crippen MR) is 103 cm³/mol. The molecule has 0 unspecified atom stereocenters. The van der Waals surface area contributed by atoms with Gasteiger partial charge in [-0.05, 0) is 18.1 Å². The van der Waals surface area contributed by atoms with Gasteiger partial charge < -0.3 is 24.1 Å². The van der Waals surface area contributed by atoms with Crippen LogP contribution in [0.15, 0.2) is 0 Å². The normalized spacial score (nSPS) is 29.8. The number of halogens is 5. The molecule has 5 atom stereocenters. The van der Waals surface area contributed by atoms with Gasteiger partial charge in [0.2, 0.25) is 40.3 Å². The second kappa shape index (κ2) is 8.00.